The molecule has 0 bridgehead atoms. The molecule has 288 valence electrons. The minimum atomic E-state index is -1.12. The Morgan fingerprint density at radius 2 is 1.53 bits per heavy atom. The van der Waals surface area contributed by atoms with Crippen LogP contribution in [0.3, 0.4) is 0 Å². The van der Waals surface area contributed by atoms with E-state index >= 15 is 0 Å². The van der Waals surface area contributed by atoms with Crippen molar-refractivity contribution in [2.75, 3.05) is 24.6 Å². The van der Waals surface area contributed by atoms with E-state index in [2.05, 4.69) is 50.5 Å². The first kappa shape index (κ1) is 37.7. The summed E-state index contributed by atoms with van der Waals surface area (Å²) in [4.78, 5) is 59.1. The van der Waals surface area contributed by atoms with E-state index in [9.17, 15) is 19.2 Å². The van der Waals surface area contributed by atoms with Crippen molar-refractivity contribution in [2.45, 2.75) is 38.4 Å². The minimum Gasteiger partial charge on any atom is -0.457 e. The van der Waals surface area contributed by atoms with E-state index in [4.69, 9.17) is 14.2 Å². The van der Waals surface area contributed by atoms with E-state index in [0.717, 1.165) is 43.2 Å². The van der Waals surface area contributed by atoms with E-state index in [0.29, 0.717) is 16.8 Å². The largest absolute Gasteiger partial charge is 0.457 e. The third kappa shape index (κ3) is 7.67. The molecule has 1 saturated heterocycles. The third-order valence-corrected chi connectivity index (χ3v) is 11.3. The Kier molecular flexibility index (Phi) is 10.4. The standard InChI is InChI=1S/C46H40BrN3O7/c1-46(2)27-50(31-19-16-29(17-20-31)43(52)55-25-28-10-4-3-5-11-28)42(51)41(46)57-44(53)38(37-23-48-40-21-18-30(47)22-36(37)40)24-49-45(54)56-26-39-34-14-8-6-12-32(34)33-13-7-9-15-35(33)39/h3-23,38-39,41,48H,24-27H2,1-2H3,(H,49,54)/t38-,41+/m1/s1. The summed E-state index contributed by atoms with van der Waals surface area (Å²) in [5, 5.41) is 3.57. The first-order chi connectivity index (χ1) is 27.6. The lowest BCUT2D eigenvalue weighted by molar-refractivity contribution is -0.159. The van der Waals surface area contributed by atoms with Crippen LogP contribution in [0.5, 0.6) is 0 Å². The van der Waals surface area contributed by atoms with Gasteiger partial charge in [-0.2, -0.15) is 0 Å². The second-order valence-electron chi connectivity index (χ2n) is 15.0. The van der Waals surface area contributed by atoms with Crippen LogP contribution in [0.1, 0.15) is 58.3 Å². The molecule has 2 amide bonds. The highest BCUT2D eigenvalue weighted by atomic mass is 79.9. The highest BCUT2D eigenvalue weighted by Gasteiger charge is 2.50. The predicted octanol–water partition coefficient (Wildman–Crippen LogP) is 8.89. The summed E-state index contributed by atoms with van der Waals surface area (Å²) < 4.78 is 18.2. The Hall–Kier alpha value is -6.20. The zero-order valence-corrected chi connectivity index (χ0v) is 33.0. The molecule has 1 aromatic heterocycles. The number of fused-ring (bicyclic) bond motifs is 4. The van der Waals surface area contributed by atoms with Crippen molar-refractivity contribution in [1.82, 2.24) is 10.3 Å². The number of halogens is 1. The second kappa shape index (κ2) is 15.7. The molecular weight excluding hydrogens is 786 g/mol. The fourth-order valence-electron chi connectivity index (χ4n) is 7.81. The van der Waals surface area contributed by atoms with Crippen LogP contribution < -0.4 is 10.2 Å². The van der Waals surface area contributed by atoms with Crippen LogP contribution in [0.25, 0.3) is 22.0 Å². The number of carbonyl (C=O) groups is 4. The van der Waals surface area contributed by atoms with Crippen LogP contribution in [0.15, 0.2) is 132 Å². The number of H-pyrrole nitrogens is 1. The molecule has 2 N–H and O–H groups in total. The molecule has 1 fully saturated rings. The van der Waals surface area contributed by atoms with Gasteiger partial charge in [-0.1, -0.05) is 109 Å². The van der Waals surface area contributed by atoms with E-state index in [1.165, 1.54) is 0 Å². The smallest absolute Gasteiger partial charge is 0.407 e. The maximum atomic E-state index is 14.3. The van der Waals surface area contributed by atoms with Crippen molar-refractivity contribution >= 4 is 56.5 Å². The van der Waals surface area contributed by atoms with Crippen LogP contribution in [-0.2, 0) is 30.4 Å². The molecule has 6 aromatic rings. The fourth-order valence-corrected chi connectivity index (χ4v) is 8.17. The van der Waals surface area contributed by atoms with Gasteiger partial charge in [-0.15, -0.1) is 0 Å². The molecule has 57 heavy (non-hydrogen) atoms. The maximum Gasteiger partial charge on any atom is 0.407 e. The maximum absolute atomic E-state index is 14.3. The number of esters is 2. The van der Waals surface area contributed by atoms with Gasteiger partial charge in [0.25, 0.3) is 5.91 Å². The Bertz CT molecular complexity index is 2430. The molecule has 1 aliphatic carbocycles. The summed E-state index contributed by atoms with van der Waals surface area (Å²) in [6.07, 6.45) is -0.0658. The number of carbonyl (C=O) groups excluding carboxylic acids is 4. The Labute approximate surface area is 338 Å². The summed E-state index contributed by atoms with van der Waals surface area (Å²) in [6.45, 7) is 4.12. The minimum absolute atomic E-state index is 0.117. The van der Waals surface area contributed by atoms with Gasteiger partial charge in [0.1, 0.15) is 19.1 Å². The highest BCUT2D eigenvalue weighted by Crippen LogP contribution is 2.44. The summed E-state index contributed by atoms with van der Waals surface area (Å²) in [5.74, 6) is -2.64. The number of benzene rings is 5. The van der Waals surface area contributed by atoms with Gasteiger partial charge in [-0.3, -0.25) is 9.59 Å². The van der Waals surface area contributed by atoms with Crippen molar-refractivity contribution in [3.63, 3.8) is 0 Å². The molecular formula is C46H40BrN3O7. The molecule has 1 aliphatic heterocycles. The zero-order chi connectivity index (χ0) is 39.7. The SMILES string of the molecule is CC1(C)CN(c2ccc(C(=O)OCc3ccccc3)cc2)C(=O)[C@@H]1OC(=O)[C@H](CNC(=O)OCC1c2ccccc2-c2ccccc21)c1c[nH]c2ccc(Br)cc12. The Balaban J connectivity index is 0.962. The highest BCUT2D eigenvalue weighted by molar-refractivity contribution is 9.10. The Morgan fingerprint density at radius 1 is 0.860 bits per heavy atom. The molecule has 11 heteroatoms. The average molecular weight is 827 g/mol. The number of aromatic nitrogens is 1. The molecule has 0 saturated carbocycles. The van der Waals surface area contributed by atoms with E-state index < -0.39 is 41.4 Å². The van der Waals surface area contributed by atoms with Crippen LogP contribution >= 0.6 is 15.9 Å². The first-order valence-electron chi connectivity index (χ1n) is 18.8. The number of rotatable bonds is 11. The summed E-state index contributed by atoms with van der Waals surface area (Å²) in [5.41, 5.74) is 6.83. The van der Waals surface area contributed by atoms with Crippen LogP contribution in [0.2, 0.25) is 0 Å². The number of hydrogen-bond donors (Lipinski definition) is 2. The van der Waals surface area contributed by atoms with Crippen molar-refractivity contribution < 1.29 is 33.4 Å². The van der Waals surface area contributed by atoms with Crippen LogP contribution in [-0.4, -0.2) is 54.7 Å². The van der Waals surface area contributed by atoms with Gasteiger partial charge in [0.05, 0.1) is 5.56 Å². The van der Waals surface area contributed by atoms with E-state index in [-0.39, 0.29) is 32.2 Å². The van der Waals surface area contributed by atoms with Crippen molar-refractivity contribution in [3.05, 3.63) is 160 Å². The average Bonchev–Trinajstić information content (AvgIpc) is 3.85. The number of alkyl carbamates (subject to hydrolysis) is 1. The lowest BCUT2D eigenvalue weighted by atomic mass is 9.89. The molecule has 2 atom stereocenters. The van der Waals surface area contributed by atoms with Gasteiger partial charge in [0, 0.05) is 51.7 Å². The summed E-state index contributed by atoms with van der Waals surface area (Å²) in [6, 6.07) is 37.9. The number of aromatic amines is 1. The number of ether oxygens (including phenoxy) is 3. The topological polar surface area (TPSA) is 127 Å². The number of nitrogens with zero attached hydrogens (tertiary/aromatic N) is 1. The van der Waals surface area contributed by atoms with Crippen LogP contribution in [0, 0.1) is 5.41 Å². The number of hydrogen-bond acceptors (Lipinski definition) is 7. The van der Waals surface area contributed by atoms with Gasteiger partial charge in [0.2, 0.25) is 0 Å². The molecule has 0 unspecified atom stereocenters. The van der Waals surface area contributed by atoms with E-state index in [1.54, 1.807) is 35.4 Å². The molecule has 0 radical (unpaired) electrons. The normalized spacial score (nSPS) is 16.2. The van der Waals surface area contributed by atoms with Gasteiger partial charge in [0.15, 0.2) is 6.10 Å². The van der Waals surface area contributed by atoms with Gasteiger partial charge in [-0.05, 0) is 75.8 Å². The van der Waals surface area contributed by atoms with Crippen molar-refractivity contribution in [3.8, 4) is 11.1 Å². The molecule has 0 spiro atoms. The van der Waals surface area contributed by atoms with Crippen molar-refractivity contribution in [1.29, 1.82) is 0 Å². The van der Waals surface area contributed by atoms with Gasteiger partial charge < -0.3 is 29.4 Å². The molecule has 2 aliphatic rings. The lowest BCUT2D eigenvalue weighted by Crippen LogP contribution is -2.40. The predicted molar refractivity (Wildman–Crippen MR) is 220 cm³/mol. The summed E-state index contributed by atoms with van der Waals surface area (Å²) in [7, 11) is 0. The lowest BCUT2D eigenvalue weighted by Gasteiger charge is -2.26. The monoisotopic (exact) mass is 825 g/mol. The second-order valence-corrected chi connectivity index (χ2v) is 15.9. The number of nitrogens with one attached hydrogen (secondary N) is 2. The zero-order valence-electron chi connectivity index (χ0n) is 31.4. The quantitative estimate of drug-likeness (QED) is 0.0987. The molecule has 5 aromatic carbocycles. The molecule has 10 nitrogen and oxygen atoms in total. The fraction of sp³-hybridized carbons (Fsp3) is 0.217. The van der Waals surface area contributed by atoms with Gasteiger partial charge >= 0.3 is 18.0 Å². The summed E-state index contributed by atoms with van der Waals surface area (Å²) >= 11 is 3.53. The van der Waals surface area contributed by atoms with Gasteiger partial charge in [-0.25, -0.2) is 9.59 Å². The third-order valence-electron chi connectivity index (χ3n) is 10.8. The van der Waals surface area contributed by atoms with E-state index in [1.807, 2.05) is 86.6 Å². The number of anilines is 1. The first-order valence-corrected chi connectivity index (χ1v) is 19.5. The van der Waals surface area contributed by atoms with Crippen molar-refractivity contribution in [2.24, 2.45) is 5.41 Å². The van der Waals surface area contributed by atoms with Crippen LogP contribution in [0.4, 0.5) is 10.5 Å². The Morgan fingerprint density at radius 3 is 2.23 bits per heavy atom. The molecule has 2 heterocycles. The number of amides is 2. The molecule has 8 rings (SSSR count).